The van der Waals surface area contributed by atoms with Crippen LogP contribution in [0.4, 0.5) is 23.2 Å². The van der Waals surface area contributed by atoms with E-state index in [0.717, 1.165) is 0 Å². The van der Waals surface area contributed by atoms with E-state index in [9.17, 15) is 27.7 Å². The van der Waals surface area contributed by atoms with Crippen LogP contribution in [-0.4, -0.2) is 4.92 Å². The van der Waals surface area contributed by atoms with E-state index in [4.69, 9.17) is 0 Å². The van der Waals surface area contributed by atoms with Gasteiger partial charge in [0.05, 0.1) is 11.0 Å². The lowest BCUT2D eigenvalue weighted by Crippen LogP contribution is -2.09. The van der Waals surface area contributed by atoms with Gasteiger partial charge < -0.3 is 0 Å². The highest BCUT2D eigenvalue weighted by atomic mass is 79.9. The smallest absolute Gasteiger partial charge is 0.258 e. The van der Waals surface area contributed by atoms with Crippen LogP contribution < -0.4 is 0 Å². The van der Waals surface area contributed by atoms with Gasteiger partial charge in [-0.3, -0.25) is 10.1 Å². The van der Waals surface area contributed by atoms with E-state index in [0.29, 0.717) is 6.07 Å². The Balaban J connectivity index is 3.41. The van der Waals surface area contributed by atoms with Gasteiger partial charge in [0.25, 0.3) is 5.69 Å². The average molecular weight is 288 g/mol. The van der Waals surface area contributed by atoms with Crippen LogP contribution in [0.3, 0.4) is 0 Å². The van der Waals surface area contributed by atoms with Crippen LogP contribution in [0.25, 0.3) is 0 Å². The third kappa shape index (κ3) is 2.44. The Morgan fingerprint density at radius 1 is 1.33 bits per heavy atom. The SMILES string of the molecule is O=[N+]([O-])c1cc(F)c(C(F)(F)F)c(Br)c1. The molecule has 0 aliphatic carbocycles. The third-order valence-corrected chi connectivity index (χ3v) is 2.15. The fourth-order valence-corrected chi connectivity index (χ4v) is 1.58. The molecule has 1 aromatic carbocycles. The number of nitrogens with zero attached hydrogens (tertiary/aromatic N) is 1. The van der Waals surface area contributed by atoms with Gasteiger partial charge >= 0.3 is 6.18 Å². The zero-order chi connectivity index (χ0) is 11.8. The number of non-ortho nitro benzene ring substituents is 1. The van der Waals surface area contributed by atoms with Gasteiger partial charge in [0.1, 0.15) is 11.4 Å². The van der Waals surface area contributed by atoms with Crippen molar-refractivity contribution in [1.29, 1.82) is 0 Å². The number of benzene rings is 1. The van der Waals surface area contributed by atoms with Crippen molar-refractivity contribution in [2.75, 3.05) is 0 Å². The van der Waals surface area contributed by atoms with Crippen LogP contribution in [0, 0.1) is 15.9 Å². The first-order valence-corrected chi connectivity index (χ1v) is 4.23. The molecule has 0 atom stereocenters. The standard InChI is InChI=1S/C7H2BrF4NO2/c8-4-1-3(13(14)15)2-5(9)6(4)7(10,11)12/h1-2H. The number of nitro groups is 1. The molecule has 82 valence electrons. The highest BCUT2D eigenvalue weighted by molar-refractivity contribution is 9.10. The van der Waals surface area contributed by atoms with Crippen molar-refractivity contribution >= 4 is 21.6 Å². The molecule has 0 aliphatic rings. The van der Waals surface area contributed by atoms with Crippen molar-refractivity contribution in [1.82, 2.24) is 0 Å². The van der Waals surface area contributed by atoms with Gasteiger partial charge in [-0.15, -0.1) is 0 Å². The van der Waals surface area contributed by atoms with E-state index >= 15 is 0 Å². The summed E-state index contributed by atoms with van der Waals surface area (Å²) in [5.41, 5.74) is -2.29. The fraction of sp³-hybridized carbons (Fsp3) is 0.143. The zero-order valence-corrected chi connectivity index (χ0v) is 8.39. The highest BCUT2D eigenvalue weighted by Gasteiger charge is 2.37. The lowest BCUT2D eigenvalue weighted by molar-refractivity contribution is -0.385. The van der Waals surface area contributed by atoms with Crippen LogP contribution in [0.5, 0.6) is 0 Å². The molecule has 0 amide bonds. The molecule has 0 aromatic heterocycles. The van der Waals surface area contributed by atoms with Gasteiger partial charge in [-0.1, -0.05) is 0 Å². The fourth-order valence-electron chi connectivity index (χ4n) is 0.936. The quantitative estimate of drug-likeness (QED) is 0.451. The minimum atomic E-state index is -4.89. The van der Waals surface area contributed by atoms with Gasteiger partial charge in [-0.25, -0.2) is 4.39 Å². The molecule has 1 rings (SSSR count). The Bertz CT molecular complexity index is 395. The highest BCUT2D eigenvalue weighted by Crippen LogP contribution is 2.38. The average Bonchev–Trinajstić information content (AvgIpc) is 1.99. The van der Waals surface area contributed by atoms with Gasteiger partial charge in [0.2, 0.25) is 0 Å². The maximum Gasteiger partial charge on any atom is 0.420 e. The second kappa shape index (κ2) is 3.76. The van der Waals surface area contributed by atoms with Crippen LogP contribution >= 0.6 is 15.9 Å². The molecule has 0 N–H and O–H groups in total. The second-order valence-corrected chi connectivity index (χ2v) is 3.39. The lowest BCUT2D eigenvalue weighted by Gasteiger charge is -2.09. The monoisotopic (exact) mass is 287 g/mol. The minimum absolute atomic E-state index is 0.230. The zero-order valence-electron chi connectivity index (χ0n) is 6.81. The Morgan fingerprint density at radius 3 is 2.20 bits per heavy atom. The summed E-state index contributed by atoms with van der Waals surface area (Å²) in [4.78, 5) is 9.22. The molecule has 0 fully saturated rings. The number of nitro benzene ring substituents is 1. The van der Waals surface area contributed by atoms with E-state index in [1.165, 1.54) is 0 Å². The molecular formula is C7H2BrF4NO2. The number of halogens is 5. The predicted molar refractivity (Wildman–Crippen MR) is 45.8 cm³/mol. The minimum Gasteiger partial charge on any atom is -0.258 e. The van der Waals surface area contributed by atoms with E-state index in [1.807, 2.05) is 0 Å². The lowest BCUT2D eigenvalue weighted by atomic mass is 10.2. The molecule has 0 unspecified atom stereocenters. The molecule has 15 heavy (non-hydrogen) atoms. The summed E-state index contributed by atoms with van der Waals surface area (Å²) in [5.74, 6) is -1.68. The Kier molecular flexibility index (Phi) is 2.98. The summed E-state index contributed by atoms with van der Waals surface area (Å²) in [6, 6.07) is 0.833. The van der Waals surface area contributed by atoms with Gasteiger partial charge in [0, 0.05) is 10.5 Å². The molecule has 0 bridgehead atoms. The van der Waals surface area contributed by atoms with Crippen molar-refractivity contribution in [2.24, 2.45) is 0 Å². The van der Waals surface area contributed by atoms with Gasteiger partial charge in [-0.2, -0.15) is 13.2 Å². The van der Waals surface area contributed by atoms with Crippen LogP contribution in [-0.2, 0) is 6.18 Å². The van der Waals surface area contributed by atoms with E-state index in [-0.39, 0.29) is 6.07 Å². The first kappa shape index (κ1) is 11.9. The summed E-state index contributed by atoms with van der Waals surface area (Å²) in [7, 11) is 0. The molecule has 0 radical (unpaired) electrons. The van der Waals surface area contributed by atoms with E-state index in [1.54, 1.807) is 0 Å². The molecule has 8 heteroatoms. The molecule has 0 saturated carbocycles. The molecule has 0 heterocycles. The number of hydrogen-bond acceptors (Lipinski definition) is 2. The summed E-state index contributed by atoms with van der Waals surface area (Å²) >= 11 is 2.44. The number of hydrogen-bond donors (Lipinski definition) is 0. The van der Waals surface area contributed by atoms with Gasteiger partial charge in [0.15, 0.2) is 0 Å². The Labute approximate surface area is 89.0 Å². The molecule has 0 aliphatic heterocycles. The number of rotatable bonds is 1. The molecule has 0 saturated heterocycles. The Morgan fingerprint density at radius 2 is 1.87 bits per heavy atom. The normalized spacial score (nSPS) is 11.5. The third-order valence-electron chi connectivity index (χ3n) is 1.52. The predicted octanol–water partition coefficient (Wildman–Crippen LogP) is 3.52. The van der Waals surface area contributed by atoms with Crippen molar-refractivity contribution in [3.63, 3.8) is 0 Å². The van der Waals surface area contributed by atoms with E-state index < -0.39 is 32.6 Å². The Hall–Kier alpha value is -1.18. The molecule has 0 spiro atoms. The second-order valence-electron chi connectivity index (χ2n) is 2.54. The molecule has 3 nitrogen and oxygen atoms in total. The van der Waals surface area contributed by atoms with Crippen molar-refractivity contribution in [3.05, 3.63) is 38.1 Å². The topological polar surface area (TPSA) is 43.1 Å². The maximum atomic E-state index is 12.9. The molecular weight excluding hydrogens is 286 g/mol. The summed E-state index contributed by atoms with van der Waals surface area (Å²) < 4.78 is 48.8. The van der Waals surface area contributed by atoms with Crippen molar-refractivity contribution < 1.29 is 22.5 Å². The van der Waals surface area contributed by atoms with Crippen molar-refractivity contribution in [2.45, 2.75) is 6.18 Å². The maximum absolute atomic E-state index is 12.9. The number of alkyl halides is 3. The first-order valence-electron chi connectivity index (χ1n) is 3.44. The summed E-state index contributed by atoms with van der Waals surface area (Å²) in [6.07, 6.45) is -4.89. The summed E-state index contributed by atoms with van der Waals surface area (Å²) in [6.45, 7) is 0. The van der Waals surface area contributed by atoms with Gasteiger partial charge in [-0.05, 0) is 15.9 Å². The summed E-state index contributed by atoms with van der Waals surface area (Å²) in [5, 5.41) is 10.2. The first-order chi connectivity index (χ1) is 6.73. The van der Waals surface area contributed by atoms with Crippen LogP contribution in [0.2, 0.25) is 0 Å². The largest absolute Gasteiger partial charge is 0.420 e. The molecule has 1 aromatic rings. The van der Waals surface area contributed by atoms with Crippen LogP contribution in [0.15, 0.2) is 16.6 Å². The van der Waals surface area contributed by atoms with Crippen molar-refractivity contribution in [3.8, 4) is 0 Å². The van der Waals surface area contributed by atoms with Crippen LogP contribution in [0.1, 0.15) is 5.56 Å². The van der Waals surface area contributed by atoms with E-state index in [2.05, 4.69) is 15.9 Å².